The number of benzene rings is 8. The Morgan fingerprint density at radius 2 is 1.10 bits per heavy atom. The van der Waals surface area contributed by atoms with Crippen LogP contribution in [0.1, 0.15) is 99.3 Å². The molecule has 0 saturated heterocycles. The van der Waals surface area contributed by atoms with Gasteiger partial charge in [-0.25, -0.2) is 0 Å². The quantitative estimate of drug-likeness (QED) is 0.0862. The van der Waals surface area contributed by atoms with E-state index in [0.717, 1.165) is 33.7 Å². The number of nitrogens with zero attached hydrogens (tertiary/aromatic N) is 3. The van der Waals surface area contributed by atoms with Crippen molar-refractivity contribution in [2.75, 3.05) is 0 Å². The van der Waals surface area contributed by atoms with Crippen LogP contribution in [0.4, 0.5) is 0 Å². The maximum Gasteiger partial charge on any atom is 0 e. The Hall–Kier alpha value is -5.65. The van der Waals surface area contributed by atoms with Gasteiger partial charge in [0.15, 0.2) is 0 Å². The molecule has 2 heterocycles. The third-order valence-corrected chi connectivity index (χ3v) is 18.5. The van der Waals surface area contributed by atoms with Crippen molar-refractivity contribution in [1.82, 2.24) is 14.5 Å². The summed E-state index contributed by atoms with van der Waals surface area (Å²) in [6.45, 7) is 9.43. The van der Waals surface area contributed by atoms with E-state index in [4.69, 9.17) is 4.98 Å². The van der Waals surface area contributed by atoms with Gasteiger partial charge in [-0.15, -0.1) is 23.8 Å². The van der Waals surface area contributed by atoms with Crippen molar-refractivity contribution in [3.8, 4) is 28.3 Å². The minimum Gasteiger partial charge on any atom is 0 e. The monoisotopic (exact) mass is 1130 g/mol. The van der Waals surface area contributed by atoms with Gasteiger partial charge in [-0.05, 0) is 99.9 Å². The van der Waals surface area contributed by atoms with Gasteiger partial charge in [-0.3, -0.25) is 4.98 Å². The van der Waals surface area contributed by atoms with Gasteiger partial charge in [0, 0.05) is 25.8 Å². The zero-order valence-corrected chi connectivity index (χ0v) is 45.0. The summed E-state index contributed by atoms with van der Waals surface area (Å²) in [5.74, 6) is 10.1. The van der Waals surface area contributed by atoms with Crippen molar-refractivity contribution in [3.63, 3.8) is 0 Å². The molecule has 68 heavy (non-hydrogen) atoms. The minimum absolute atomic E-state index is 0. The molecule has 1 aliphatic rings. The van der Waals surface area contributed by atoms with E-state index in [-0.39, 0.29) is 20.1 Å². The summed E-state index contributed by atoms with van der Waals surface area (Å²) in [4.78, 5) is 9.92. The van der Waals surface area contributed by atoms with Gasteiger partial charge in [0.05, 0.1) is 16.9 Å². The minimum atomic E-state index is -1.72. The Kier molecular flexibility index (Phi) is 14.0. The van der Waals surface area contributed by atoms with Gasteiger partial charge in [0.2, 0.25) is 0 Å². The van der Waals surface area contributed by atoms with Crippen LogP contribution in [0, 0.1) is 12.1 Å². The molecule has 3 nitrogen and oxygen atoms in total. The molecule has 0 unspecified atom stereocenters. The Labute approximate surface area is 419 Å². The second kappa shape index (κ2) is 20.1. The molecule has 1 fully saturated rings. The van der Waals surface area contributed by atoms with Gasteiger partial charge >= 0.3 is 99.8 Å². The van der Waals surface area contributed by atoms with Gasteiger partial charge in [0.1, 0.15) is 0 Å². The zero-order valence-electron chi connectivity index (χ0n) is 40.5. The number of hydrogen-bond donors (Lipinski definition) is 0. The zero-order chi connectivity index (χ0) is 46.2. The summed E-state index contributed by atoms with van der Waals surface area (Å²) in [5.41, 5.74) is 12.4. The molecule has 0 bridgehead atoms. The average molecular weight is 1130 g/mol. The molecule has 8 aromatic carbocycles. The molecule has 10 aromatic rings. The number of aromatic nitrogens is 3. The summed E-state index contributed by atoms with van der Waals surface area (Å²) in [6, 6.07) is 66.3. The van der Waals surface area contributed by atoms with Crippen LogP contribution in [0.25, 0.3) is 71.7 Å². The predicted molar refractivity (Wildman–Crippen MR) is 288 cm³/mol. The van der Waals surface area contributed by atoms with Crippen LogP contribution >= 0.6 is 0 Å². The van der Waals surface area contributed by atoms with Crippen molar-refractivity contribution < 1.29 is 20.1 Å². The summed E-state index contributed by atoms with van der Waals surface area (Å²) in [7, 11) is 0. The Balaban J connectivity index is 0.000000289. The number of fused-ring (bicyclic) bond motifs is 7. The molecular formula is C63H61GeIrN3-2. The van der Waals surface area contributed by atoms with Gasteiger partial charge in [0.25, 0.3) is 0 Å². The van der Waals surface area contributed by atoms with E-state index >= 15 is 0 Å². The molecular weight excluding hydrogens is 1060 g/mol. The van der Waals surface area contributed by atoms with E-state index in [0.29, 0.717) is 23.7 Å². The molecule has 0 aliphatic heterocycles. The molecule has 0 spiro atoms. The molecule has 0 atom stereocenters. The molecule has 1 saturated carbocycles. The number of para-hydroxylation sites is 2. The van der Waals surface area contributed by atoms with Crippen LogP contribution in [0.3, 0.4) is 0 Å². The molecule has 343 valence electrons. The predicted octanol–water partition coefficient (Wildman–Crippen LogP) is 16.7. The SMILES string of the molecule is CC(C)c1cc(C2CCC(c3ccccc3)CC2)cc(C(C)C)c1-n1c(-c2[c-]cc3c4ccccc4c4ccccc4c3c2)nc2ccccc21.[CH3][Ge]([CH3])([CH3])[c]1ccc(-c2[c-]cccc2)nc1.[Ir]. The summed E-state index contributed by atoms with van der Waals surface area (Å²) >= 11 is -1.72. The third kappa shape index (κ3) is 9.40. The normalized spacial score (nSPS) is 15.2. The summed E-state index contributed by atoms with van der Waals surface area (Å²) in [6.07, 6.45) is 7.02. The van der Waals surface area contributed by atoms with E-state index in [1.54, 1.807) is 0 Å². The number of imidazole rings is 1. The fourth-order valence-corrected chi connectivity index (χ4v) is 12.7. The first-order valence-electron chi connectivity index (χ1n) is 24.4. The maximum atomic E-state index is 5.39. The second-order valence-electron chi connectivity index (χ2n) is 20.3. The van der Waals surface area contributed by atoms with Gasteiger partial charge in [-0.2, -0.15) is 0 Å². The molecule has 0 amide bonds. The molecule has 5 heteroatoms. The van der Waals surface area contributed by atoms with Crippen molar-refractivity contribution in [3.05, 3.63) is 204 Å². The Morgan fingerprint density at radius 1 is 0.544 bits per heavy atom. The van der Waals surface area contributed by atoms with Crippen LogP contribution < -0.4 is 4.40 Å². The van der Waals surface area contributed by atoms with E-state index in [9.17, 15) is 0 Å². The van der Waals surface area contributed by atoms with Crippen LogP contribution in [-0.4, -0.2) is 27.8 Å². The standard InChI is InChI=1S/C49H45N2.C14H16GeN.Ir/c1-31(2)43-29-37(35-24-22-34(23-25-35)33-14-6-5-7-15-33)30-44(32(3)4)48(43)51-47-21-13-12-20-46(47)50-49(51)36-26-27-42-40-18-9-8-16-38(40)39-17-10-11-19-41(39)45(42)28-36;1-15(2,3)13-9-10-14(16-11-13)12-7-5-4-6-8-12;/h5-21,27-32,34-35H,22-25H2,1-4H3;4-7,9-11H,1-3H3;/q2*-1;. The third-order valence-electron chi connectivity index (χ3n) is 14.2. The smallest absolute Gasteiger partial charge is 0 e. The fourth-order valence-electron chi connectivity index (χ4n) is 10.5. The summed E-state index contributed by atoms with van der Waals surface area (Å²) < 4.78 is 3.91. The number of rotatable bonds is 8. The molecule has 11 rings (SSSR count). The topological polar surface area (TPSA) is 30.7 Å². The summed E-state index contributed by atoms with van der Waals surface area (Å²) in [5, 5.41) is 7.56. The van der Waals surface area contributed by atoms with Crippen LogP contribution in [0.15, 0.2) is 170 Å². The Morgan fingerprint density at radius 3 is 1.68 bits per heavy atom. The van der Waals surface area contributed by atoms with Crippen LogP contribution in [-0.2, 0) is 20.1 Å². The first kappa shape index (κ1) is 47.4. The first-order chi connectivity index (χ1) is 32.5. The van der Waals surface area contributed by atoms with E-state index in [1.807, 2.05) is 30.5 Å². The Bertz CT molecular complexity index is 3280. The maximum absolute atomic E-state index is 5.39. The second-order valence-corrected chi connectivity index (χ2v) is 31.0. The average Bonchev–Trinajstić information content (AvgIpc) is 3.76. The molecule has 1 radical (unpaired) electrons. The molecule has 0 N–H and O–H groups in total. The number of hydrogen-bond acceptors (Lipinski definition) is 2. The molecule has 1 aliphatic carbocycles. The van der Waals surface area contributed by atoms with Crippen molar-refractivity contribution in [1.29, 1.82) is 0 Å². The van der Waals surface area contributed by atoms with Crippen molar-refractivity contribution in [2.45, 2.75) is 94.3 Å². The largest absolute Gasteiger partial charge is 0 e. The van der Waals surface area contributed by atoms with E-state index < -0.39 is 13.3 Å². The van der Waals surface area contributed by atoms with Crippen LogP contribution in [0.5, 0.6) is 0 Å². The molecule has 2 aromatic heterocycles. The van der Waals surface area contributed by atoms with Gasteiger partial charge in [-0.1, -0.05) is 147 Å². The number of pyridine rings is 1. The van der Waals surface area contributed by atoms with Crippen molar-refractivity contribution in [2.24, 2.45) is 0 Å². The van der Waals surface area contributed by atoms with E-state index in [1.165, 1.54) is 90.3 Å². The van der Waals surface area contributed by atoms with Gasteiger partial charge < -0.3 is 4.57 Å². The first-order valence-corrected chi connectivity index (χ1v) is 31.8. The fraction of sp³-hybridized carbons (Fsp3) is 0.238. The van der Waals surface area contributed by atoms with Crippen molar-refractivity contribution >= 4 is 61.0 Å². The van der Waals surface area contributed by atoms with Crippen LogP contribution in [0.2, 0.25) is 17.3 Å². The van der Waals surface area contributed by atoms with E-state index in [2.05, 4.69) is 206 Å².